The molecule has 1 aliphatic rings. The molecule has 0 amide bonds. The van der Waals surface area contributed by atoms with Gasteiger partial charge in [0.25, 0.3) is 0 Å². The maximum Gasteiger partial charge on any atom is 0.213 e. The highest BCUT2D eigenvalue weighted by Crippen LogP contribution is 2.18. The smallest absolute Gasteiger partial charge is 0.213 e. The van der Waals surface area contributed by atoms with Crippen molar-refractivity contribution in [2.75, 3.05) is 33.3 Å². The van der Waals surface area contributed by atoms with Crippen molar-refractivity contribution in [3.63, 3.8) is 0 Å². The third-order valence-electron chi connectivity index (χ3n) is 3.94. The number of likely N-dealkylation sites (tertiary alicyclic amines) is 1. The van der Waals surface area contributed by atoms with Crippen LogP contribution in [0.25, 0.3) is 0 Å². The molecule has 0 spiro atoms. The van der Waals surface area contributed by atoms with E-state index in [1.54, 1.807) is 7.11 Å². The van der Waals surface area contributed by atoms with Gasteiger partial charge in [0.1, 0.15) is 0 Å². The van der Waals surface area contributed by atoms with Crippen LogP contribution in [0.3, 0.4) is 0 Å². The summed E-state index contributed by atoms with van der Waals surface area (Å²) in [6.45, 7) is 7.84. The van der Waals surface area contributed by atoms with Gasteiger partial charge in [-0.1, -0.05) is 13.0 Å². The molecule has 0 atom stereocenters. The Kier molecular flexibility index (Phi) is 6.27. The minimum absolute atomic E-state index is 0.709. The van der Waals surface area contributed by atoms with Gasteiger partial charge in [-0.2, -0.15) is 0 Å². The average Bonchev–Trinajstić information content (AvgIpc) is 2.49. The number of pyridine rings is 1. The van der Waals surface area contributed by atoms with E-state index in [-0.39, 0.29) is 0 Å². The predicted octanol–water partition coefficient (Wildman–Crippen LogP) is 2.30. The van der Waals surface area contributed by atoms with Gasteiger partial charge in [0.15, 0.2) is 0 Å². The van der Waals surface area contributed by atoms with Gasteiger partial charge in [-0.3, -0.25) is 4.90 Å². The molecule has 0 aromatic carbocycles. The average molecular weight is 277 g/mol. The van der Waals surface area contributed by atoms with E-state index in [4.69, 9.17) is 4.74 Å². The number of hydrogen-bond acceptors (Lipinski definition) is 4. The van der Waals surface area contributed by atoms with Gasteiger partial charge in [-0.05, 0) is 57.4 Å². The third-order valence-corrected chi connectivity index (χ3v) is 3.94. The first kappa shape index (κ1) is 15.3. The lowest BCUT2D eigenvalue weighted by atomic mass is 9.96. The second-order valence-electron chi connectivity index (χ2n) is 5.59. The second-order valence-corrected chi connectivity index (χ2v) is 5.59. The predicted molar refractivity (Wildman–Crippen MR) is 82.0 cm³/mol. The Labute approximate surface area is 122 Å². The molecule has 0 unspecified atom stereocenters. The zero-order chi connectivity index (χ0) is 14.2. The number of ether oxygens (including phenoxy) is 1. The highest BCUT2D eigenvalue weighted by molar-refractivity contribution is 5.15. The Hall–Kier alpha value is -1.13. The molecule has 1 fully saturated rings. The van der Waals surface area contributed by atoms with Crippen LogP contribution in [0.5, 0.6) is 5.88 Å². The normalized spacial score (nSPS) is 17.3. The van der Waals surface area contributed by atoms with E-state index >= 15 is 0 Å². The number of methoxy groups -OCH3 is 1. The van der Waals surface area contributed by atoms with Crippen LogP contribution in [-0.4, -0.2) is 43.2 Å². The molecule has 2 rings (SSSR count). The summed E-state index contributed by atoms with van der Waals surface area (Å²) in [7, 11) is 1.67. The maximum atomic E-state index is 5.18. The lowest BCUT2D eigenvalue weighted by molar-refractivity contribution is 0.173. The molecule has 1 aliphatic heterocycles. The molecular weight excluding hydrogens is 250 g/mol. The molecule has 4 nitrogen and oxygen atoms in total. The van der Waals surface area contributed by atoms with Crippen LogP contribution in [0.2, 0.25) is 0 Å². The number of piperidine rings is 1. The van der Waals surface area contributed by atoms with Crippen LogP contribution >= 0.6 is 0 Å². The van der Waals surface area contributed by atoms with E-state index in [2.05, 4.69) is 28.2 Å². The van der Waals surface area contributed by atoms with E-state index < -0.39 is 0 Å². The number of hydrogen-bond donors (Lipinski definition) is 1. The first-order valence-electron chi connectivity index (χ1n) is 7.74. The summed E-state index contributed by atoms with van der Waals surface area (Å²) in [5.41, 5.74) is 1.10. The Morgan fingerprint density at radius 1 is 1.35 bits per heavy atom. The molecule has 0 bridgehead atoms. The third kappa shape index (κ3) is 4.76. The topological polar surface area (TPSA) is 37.4 Å². The summed E-state index contributed by atoms with van der Waals surface area (Å²) < 4.78 is 5.18. The lowest BCUT2D eigenvalue weighted by Gasteiger charge is -2.31. The number of nitrogens with one attached hydrogen (secondary N) is 1. The molecular formula is C16H27N3O. The van der Waals surface area contributed by atoms with E-state index in [9.17, 15) is 0 Å². The quantitative estimate of drug-likeness (QED) is 0.776. The largest absolute Gasteiger partial charge is 0.481 e. The molecule has 20 heavy (non-hydrogen) atoms. The summed E-state index contributed by atoms with van der Waals surface area (Å²) >= 11 is 0. The summed E-state index contributed by atoms with van der Waals surface area (Å²) in [5.74, 6) is 1.55. The highest BCUT2D eigenvalue weighted by Gasteiger charge is 2.19. The summed E-state index contributed by atoms with van der Waals surface area (Å²) in [5, 5.41) is 3.54. The fourth-order valence-electron chi connectivity index (χ4n) is 2.72. The summed E-state index contributed by atoms with van der Waals surface area (Å²) in [6.07, 6.45) is 3.81. The Balaban J connectivity index is 1.73. The summed E-state index contributed by atoms with van der Waals surface area (Å²) in [4.78, 5) is 6.99. The van der Waals surface area contributed by atoms with Crippen molar-refractivity contribution in [2.45, 2.75) is 32.7 Å². The van der Waals surface area contributed by atoms with Gasteiger partial charge >= 0.3 is 0 Å². The molecule has 4 heteroatoms. The van der Waals surface area contributed by atoms with Gasteiger partial charge in [0.05, 0.1) is 12.8 Å². The SMILES string of the molecule is CCCNCC1CCN(Cc2cccc(OC)n2)CC1. The maximum absolute atomic E-state index is 5.18. The van der Waals surface area contributed by atoms with Gasteiger partial charge in [0.2, 0.25) is 5.88 Å². The molecule has 0 radical (unpaired) electrons. The fraction of sp³-hybridized carbons (Fsp3) is 0.688. The van der Waals surface area contributed by atoms with Crippen molar-refractivity contribution in [2.24, 2.45) is 5.92 Å². The van der Waals surface area contributed by atoms with E-state index in [1.165, 1.54) is 38.9 Å². The van der Waals surface area contributed by atoms with Gasteiger partial charge in [0, 0.05) is 12.6 Å². The van der Waals surface area contributed by atoms with E-state index in [1.807, 2.05) is 12.1 Å². The van der Waals surface area contributed by atoms with Crippen LogP contribution in [0.15, 0.2) is 18.2 Å². The molecule has 0 aliphatic carbocycles. The molecule has 0 saturated carbocycles. The molecule has 1 aromatic rings. The number of nitrogens with zero attached hydrogens (tertiary/aromatic N) is 2. The molecule has 1 aromatic heterocycles. The van der Waals surface area contributed by atoms with Crippen molar-refractivity contribution in [3.05, 3.63) is 23.9 Å². The van der Waals surface area contributed by atoms with Crippen molar-refractivity contribution >= 4 is 0 Å². The van der Waals surface area contributed by atoms with Gasteiger partial charge in [-0.25, -0.2) is 4.98 Å². The fourth-order valence-corrected chi connectivity index (χ4v) is 2.72. The number of aromatic nitrogens is 1. The molecule has 1 saturated heterocycles. The monoisotopic (exact) mass is 277 g/mol. The highest BCUT2D eigenvalue weighted by atomic mass is 16.5. The Bertz CT molecular complexity index is 389. The Morgan fingerprint density at radius 3 is 2.85 bits per heavy atom. The Morgan fingerprint density at radius 2 is 2.15 bits per heavy atom. The zero-order valence-corrected chi connectivity index (χ0v) is 12.8. The minimum atomic E-state index is 0.709. The number of rotatable bonds is 7. The van der Waals surface area contributed by atoms with Crippen LogP contribution in [0, 0.1) is 5.92 Å². The van der Waals surface area contributed by atoms with E-state index in [0.29, 0.717) is 5.88 Å². The lowest BCUT2D eigenvalue weighted by Crippen LogP contribution is -2.37. The van der Waals surface area contributed by atoms with Crippen LogP contribution < -0.4 is 10.1 Å². The zero-order valence-electron chi connectivity index (χ0n) is 12.8. The van der Waals surface area contributed by atoms with Crippen LogP contribution in [0.4, 0.5) is 0 Å². The van der Waals surface area contributed by atoms with Crippen molar-refractivity contribution in [3.8, 4) is 5.88 Å². The first-order valence-corrected chi connectivity index (χ1v) is 7.74. The second kappa shape index (κ2) is 8.22. The van der Waals surface area contributed by atoms with Crippen LogP contribution in [0.1, 0.15) is 31.9 Å². The molecule has 112 valence electrons. The van der Waals surface area contributed by atoms with Gasteiger partial charge in [-0.15, -0.1) is 0 Å². The molecule has 2 heterocycles. The van der Waals surface area contributed by atoms with Gasteiger partial charge < -0.3 is 10.1 Å². The van der Waals surface area contributed by atoms with Crippen molar-refractivity contribution < 1.29 is 4.74 Å². The standard InChI is InChI=1S/C16H27N3O/c1-3-9-17-12-14-7-10-19(11-8-14)13-15-5-4-6-16(18-15)20-2/h4-6,14,17H,3,7-13H2,1-2H3. The molecule has 1 N–H and O–H groups in total. The van der Waals surface area contributed by atoms with E-state index in [0.717, 1.165) is 24.7 Å². The summed E-state index contributed by atoms with van der Waals surface area (Å²) in [6, 6.07) is 6.00. The van der Waals surface area contributed by atoms with Crippen molar-refractivity contribution in [1.29, 1.82) is 0 Å². The minimum Gasteiger partial charge on any atom is -0.481 e. The first-order chi connectivity index (χ1) is 9.81. The van der Waals surface area contributed by atoms with Crippen molar-refractivity contribution in [1.82, 2.24) is 15.2 Å². The van der Waals surface area contributed by atoms with Crippen LogP contribution in [-0.2, 0) is 6.54 Å².